The number of aryl methyl sites for hydroxylation is 3. The second kappa shape index (κ2) is 16.2. The molecule has 0 aliphatic carbocycles. The van der Waals surface area contributed by atoms with E-state index in [0.29, 0.717) is 24.0 Å². The summed E-state index contributed by atoms with van der Waals surface area (Å²) >= 11 is 1.62. The minimum Gasteiger partial charge on any atom is -0.406 e. The Kier molecular flexibility index (Phi) is 12.3. The number of nitrogens with one attached hydrogen (secondary N) is 1. The van der Waals surface area contributed by atoms with E-state index in [1.807, 2.05) is 24.3 Å². The number of ether oxygens (including phenoxy) is 1. The molecule has 2 atom stereocenters. The molecule has 1 heterocycles. The Morgan fingerprint density at radius 2 is 1.75 bits per heavy atom. The lowest BCUT2D eigenvalue weighted by Crippen LogP contribution is -2.43. The lowest BCUT2D eigenvalue weighted by molar-refractivity contribution is -0.274. The third-order valence-electron chi connectivity index (χ3n) is 8.04. The molecule has 8 nitrogen and oxygen atoms in total. The second-order valence-electron chi connectivity index (χ2n) is 12.2. The summed E-state index contributed by atoms with van der Waals surface area (Å²) < 4.78 is 41.3. The van der Waals surface area contributed by atoms with E-state index in [0.717, 1.165) is 47.0 Å². The Balaban J connectivity index is 1.31. The van der Waals surface area contributed by atoms with Crippen LogP contribution in [0.3, 0.4) is 0 Å². The SMILES string of the molecule is C=N/C(=N\N(C)c1ccc(OC(F)(F)F)cc1)c1ccc(CC(C)CCNC(=O)N=C2SCCC(C)N2c2c(C)cc(C)cc2C)cc1. The van der Waals surface area contributed by atoms with Crippen LogP contribution in [0.2, 0.25) is 0 Å². The number of aliphatic imine (C=N–C) groups is 2. The molecule has 2 unspecified atom stereocenters. The number of amides is 2. The smallest absolute Gasteiger partial charge is 0.406 e. The third kappa shape index (κ3) is 10.1. The summed E-state index contributed by atoms with van der Waals surface area (Å²) in [7, 11) is 1.67. The fourth-order valence-electron chi connectivity index (χ4n) is 5.75. The fraction of sp³-hybridized carbons (Fsp3) is 0.389. The van der Waals surface area contributed by atoms with Gasteiger partial charge in [-0.3, -0.25) is 5.01 Å². The Hall–Kier alpha value is -4.32. The Morgan fingerprint density at radius 3 is 2.35 bits per heavy atom. The minimum atomic E-state index is -4.75. The summed E-state index contributed by atoms with van der Waals surface area (Å²) in [4.78, 5) is 23.7. The molecule has 0 spiro atoms. The van der Waals surface area contributed by atoms with Gasteiger partial charge in [-0.25, -0.2) is 9.79 Å². The van der Waals surface area contributed by atoms with Gasteiger partial charge < -0.3 is 15.0 Å². The van der Waals surface area contributed by atoms with Gasteiger partial charge in [0, 0.05) is 36.6 Å². The average Bonchev–Trinajstić information content (AvgIpc) is 3.00. The van der Waals surface area contributed by atoms with Gasteiger partial charge in [0.25, 0.3) is 0 Å². The molecular formula is C36H43F3N6O2S. The maximum absolute atomic E-state index is 12.9. The van der Waals surface area contributed by atoms with Crippen molar-refractivity contribution in [2.75, 3.05) is 29.3 Å². The molecule has 0 aromatic heterocycles. The molecule has 0 bridgehead atoms. The normalized spacial score (nSPS) is 16.9. The molecule has 0 saturated carbocycles. The van der Waals surface area contributed by atoms with E-state index in [-0.39, 0.29) is 17.8 Å². The molecule has 0 radical (unpaired) electrons. The van der Waals surface area contributed by atoms with E-state index in [1.165, 1.54) is 46.0 Å². The monoisotopic (exact) mass is 680 g/mol. The average molecular weight is 681 g/mol. The molecule has 256 valence electrons. The van der Waals surface area contributed by atoms with Gasteiger partial charge in [-0.05, 0) is 101 Å². The van der Waals surface area contributed by atoms with Crippen LogP contribution < -0.4 is 20.0 Å². The Morgan fingerprint density at radius 1 is 1.10 bits per heavy atom. The first kappa shape index (κ1) is 36.5. The molecule has 1 fully saturated rings. The highest BCUT2D eigenvalue weighted by molar-refractivity contribution is 8.14. The standard InChI is InChI=1S/C36H43F3N6O2S/c1-23(16-18-41-34(46)42-35-45(27(5)17-19-48-35)32-25(3)20-24(2)21-26(32)4)22-28-8-10-29(11-9-28)33(40-6)43-44(7)30-12-14-31(15-13-30)47-36(37,38)39/h8-15,20-21,23,27H,6,16-19,22H2,1-5,7H3,(H,41,46)/b42-35?,43-33-. The number of alkyl halides is 3. The number of rotatable bonds is 10. The number of carbonyl (C=O) groups excluding carboxylic acids is 1. The zero-order valence-electron chi connectivity index (χ0n) is 28.3. The largest absolute Gasteiger partial charge is 0.573 e. The number of hydrazone groups is 1. The van der Waals surface area contributed by atoms with E-state index < -0.39 is 6.36 Å². The Labute approximate surface area is 285 Å². The molecule has 3 aromatic rings. The Bertz CT molecular complexity index is 1620. The number of carbonyl (C=O) groups is 1. The van der Waals surface area contributed by atoms with Gasteiger partial charge in [0.15, 0.2) is 11.0 Å². The van der Waals surface area contributed by atoms with Crippen molar-refractivity contribution in [3.63, 3.8) is 0 Å². The predicted molar refractivity (Wildman–Crippen MR) is 192 cm³/mol. The van der Waals surface area contributed by atoms with E-state index in [4.69, 9.17) is 0 Å². The van der Waals surface area contributed by atoms with E-state index in [9.17, 15) is 18.0 Å². The molecule has 12 heteroatoms. The van der Waals surface area contributed by atoms with Gasteiger partial charge in [-0.2, -0.15) is 10.1 Å². The molecule has 4 rings (SSSR count). The van der Waals surface area contributed by atoms with Crippen LogP contribution in [0.5, 0.6) is 5.75 Å². The van der Waals surface area contributed by atoms with E-state index in [2.05, 4.69) is 83.5 Å². The topological polar surface area (TPSA) is 81.9 Å². The molecule has 1 saturated heterocycles. The summed E-state index contributed by atoms with van der Waals surface area (Å²) in [5.74, 6) is 1.29. The van der Waals surface area contributed by atoms with Crippen molar-refractivity contribution in [3.05, 3.63) is 88.5 Å². The molecule has 1 aliphatic rings. The van der Waals surface area contributed by atoms with Gasteiger partial charge in [0.2, 0.25) is 0 Å². The molecule has 2 amide bonds. The predicted octanol–water partition coefficient (Wildman–Crippen LogP) is 8.68. The third-order valence-corrected chi connectivity index (χ3v) is 9.02. The van der Waals surface area contributed by atoms with Crippen LogP contribution in [0.15, 0.2) is 75.7 Å². The van der Waals surface area contributed by atoms with Crippen molar-refractivity contribution >= 4 is 46.9 Å². The van der Waals surface area contributed by atoms with Crippen LogP contribution in [0, 0.1) is 26.7 Å². The zero-order chi connectivity index (χ0) is 35.0. The number of nitrogens with zero attached hydrogens (tertiary/aromatic N) is 5. The number of benzene rings is 3. The number of urea groups is 1. The lowest BCUT2D eigenvalue weighted by Gasteiger charge is -2.37. The summed E-state index contributed by atoms with van der Waals surface area (Å²) in [6, 6.07) is 17.5. The van der Waals surface area contributed by atoms with Crippen molar-refractivity contribution in [3.8, 4) is 5.75 Å². The van der Waals surface area contributed by atoms with Crippen molar-refractivity contribution < 1.29 is 22.7 Å². The zero-order valence-corrected chi connectivity index (χ0v) is 29.1. The number of anilines is 2. The molecule has 3 aromatic carbocycles. The molecule has 1 aliphatic heterocycles. The van der Waals surface area contributed by atoms with Gasteiger partial charge in [0.1, 0.15) is 5.75 Å². The number of amidine groups is 2. The first-order valence-corrected chi connectivity index (χ1v) is 16.8. The van der Waals surface area contributed by atoms with Gasteiger partial charge in [-0.1, -0.05) is 60.6 Å². The van der Waals surface area contributed by atoms with Crippen molar-refractivity contribution in [2.45, 2.75) is 66.3 Å². The van der Waals surface area contributed by atoms with Gasteiger partial charge in [0.05, 0.1) is 5.69 Å². The highest BCUT2D eigenvalue weighted by Crippen LogP contribution is 2.34. The molecule has 48 heavy (non-hydrogen) atoms. The van der Waals surface area contributed by atoms with Crippen molar-refractivity contribution in [2.24, 2.45) is 21.0 Å². The second-order valence-corrected chi connectivity index (χ2v) is 13.2. The molecule has 1 N–H and O–H groups in total. The van der Waals surface area contributed by atoms with Crippen LogP contribution in [0.4, 0.5) is 29.3 Å². The van der Waals surface area contributed by atoms with Crippen LogP contribution in [0.25, 0.3) is 0 Å². The highest BCUT2D eigenvalue weighted by atomic mass is 32.2. The quantitative estimate of drug-likeness (QED) is 0.132. The first-order valence-electron chi connectivity index (χ1n) is 15.8. The van der Waals surface area contributed by atoms with Crippen LogP contribution >= 0.6 is 11.8 Å². The summed E-state index contributed by atoms with van der Waals surface area (Å²) in [5.41, 5.74) is 7.14. The van der Waals surface area contributed by atoms with Crippen LogP contribution in [-0.2, 0) is 6.42 Å². The van der Waals surface area contributed by atoms with Crippen molar-refractivity contribution in [1.29, 1.82) is 0 Å². The van der Waals surface area contributed by atoms with Crippen LogP contribution in [-0.4, -0.2) is 55.5 Å². The maximum atomic E-state index is 12.9. The van der Waals surface area contributed by atoms with Gasteiger partial charge in [-0.15, -0.1) is 13.2 Å². The summed E-state index contributed by atoms with van der Waals surface area (Å²) in [5, 5.41) is 9.70. The number of halogens is 3. The number of hydrogen-bond donors (Lipinski definition) is 1. The summed E-state index contributed by atoms with van der Waals surface area (Å²) in [6.45, 7) is 14.8. The maximum Gasteiger partial charge on any atom is 0.573 e. The molecular weight excluding hydrogens is 637 g/mol. The van der Waals surface area contributed by atoms with E-state index >= 15 is 0 Å². The number of thioether (sulfide) groups is 1. The minimum absolute atomic E-state index is 0.248. The van der Waals surface area contributed by atoms with E-state index in [1.54, 1.807) is 18.8 Å². The van der Waals surface area contributed by atoms with Crippen LogP contribution in [0.1, 0.15) is 54.5 Å². The summed E-state index contributed by atoms with van der Waals surface area (Å²) in [6.07, 6.45) is -2.12. The van der Waals surface area contributed by atoms with Gasteiger partial charge >= 0.3 is 12.4 Å². The fourth-order valence-corrected chi connectivity index (χ4v) is 6.95. The highest BCUT2D eigenvalue weighted by Gasteiger charge is 2.31. The number of hydrogen-bond acceptors (Lipinski definition) is 5. The lowest BCUT2D eigenvalue weighted by atomic mass is 9.97. The first-order chi connectivity index (χ1) is 22.7. The van der Waals surface area contributed by atoms with Crippen molar-refractivity contribution in [1.82, 2.24) is 5.32 Å².